The van der Waals surface area contributed by atoms with Crippen LogP contribution in [0.25, 0.3) is 10.9 Å². The maximum atomic E-state index is 13.8. The van der Waals surface area contributed by atoms with Crippen LogP contribution in [0.4, 0.5) is 10.3 Å². The molecule has 0 saturated carbocycles. The number of benzene rings is 1. The normalized spacial score (nSPS) is 10.7. The van der Waals surface area contributed by atoms with Gasteiger partial charge in [-0.05, 0) is 17.8 Å². The Kier molecular flexibility index (Phi) is 3.42. The van der Waals surface area contributed by atoms with Crippen LogP contribution in [0.2, 0.25) is 0 Å². The average molecular weight is 287 g/mol. The van der Waals surface area contributed by atoms with E-state index in [4.69, 9.17) is 0 Å². The predicted octanol–water partition coefficient (Wildman–Crippen LogP) is 2.75. The number of aromatic nitrogens is 4. The van der Waals surface area contributed by atoms with Crippen LogP contribution in [-0.4, -0.2) is 27.0 Å². The SMILES string of the molecule is CNc1ncc(F)c(Sc2ncnc3ccccc23)n1. The molecule has 0 aliphatic heterocycles. The molecule has 2 heterocycles. The Morgan fingerprint density at radius 1 is 1.10 bits per heavy atom. The second-order valence-electron chi connectivity index (χ2n) is 3.89. The molecule has 0 amide bonds. The Morgan fingerprint density at radius 3 is 2.80 bits per heavy atom. The second kappa shape index (κ2) is 5.38. The minimum Gasteiger partial charge on any atom is -0.357 e. The summed E-state index contributed by atoms with van der Waals surface area (Å²) in [6.45, 7) is 0. The molecular weight excluding hydrogens is 277 g/mol. The van der Waals surface area contributed by atoms with Crippen LogP contribution in [0.5, 0.6) is 0 Å². The number of fused-ring (bicyclic) bond motifs is 1. The summed E-state index contributed by atoms with van der Waals surface area (Å²) < 4.78 is 13.8. The van der Waals surface area contributed by atoms with Crippen molar-refractivity contribution in [3.63, 3.8) is 0 Å². The van der Waals surface area contributed by atoms with Crippen LogP contribution in [0.1, 0.15) is 0 Å². The minimum absolute atomic E-state index is 0.230. The lowest BCUT2D eigenvalue weighted by atomic mass is 10.2. The molecule has 0 spiro atoms. The Bertz CT molecular complexity index is 759. The first-order chi connectivity index (χ1) is 9.78. The van der Waals surface area contributed by atoms with Gasteiger partial charge in [0.15, 0.2) is 5.82 Å². The molecule has 0 radical (unpaired) electrons. The van der Waals surface area contributed by atoms with E-state index in [1.54, 1.807) is 7.05 Å². The van der Waals surface area contributed by atoms with E-state index in [0.717, 1.165) is 28.9 Å². The van der Waals surface area contributed by atoms with Crippen molar-refractivity contribution in [1.29, 1.82) is 0 Å². The van der Waals surface area contributed by atoms with E-state index in [-0.39, 0.29) is 5.03 Å². The van der Waals surface area contributed by atoms with Gasteiger partial charge in [-0.3, -0.25) is 0 Å². The summed E-state index contributed by atoms with van der Waals surface area (Å²) in [6.07, 6.45) is 2.60. The van der Waals surface area contributed by atoms with Gasteiger partial charge in [0.05, 0.1) is 11.7 Å². The van der Waals surface area contributed by atoms with E-state index < -0.39 is 5.82 Å². The second-order valence-corrected chi connectivity index (χ2v) is 4.87. The smallest absolute Gasteiger partial charge is 0.223 e. The molecule has 0 unspecified atom stereocenters. The van der Waals surface area contributed by atoms with Gasteiger partial charge < -0.3 is 5.32 Å². The van der Waals surface area contributed by atoms with E-state index in [0.29, 0.717) is 11.0 Å². The number of anilines is 1. The fourth-order valence-corrected chi connectivity index (χ4v) is 2.54. The first-order valence-corrected chi connectivity index (χ1v) is 6.67. The summed E-state index contributed by atoms with van der Waals surface area (Å²) in [5, 5.41) is 4.54. The van der Waals surface area contributed by atoms with Crippen molar-refractivity contribution in [2.45, 2.75) is 10.1 Å². The lowest BCUT2D eigenvalue weighted by molar-refractivity contribution is 0.580. The molecule has 0 bridgehead atoms. The highest BCUT2D eigenvalue weighted by Crippen LogP contribution is 2.31. The van der Waals surface area contributed by atoms with Gasteiger partial charge in [0, 0.05) is 12.4 Å². The zero-order valence-electron chi connectivity index (χ0n) is 10.5. The minimum atomic E-state index is -0.475. The average Bonchev–Trinajstić information content (AvgIpc) is 2.50. The van der Waals surface area contributed by atoms with Crippen molar-refractivity contribution in [1.82, 2.24) is 19.9 Å². The highest BCUT2D eigenvalue weighted by molar-refractivity contribution is 7.99. The molecule has 2 aromatic heterocycles. The quantitative estimate of drug-likeness (QED) is 0.747. The van der Waals surface area contributed by atoms with Crippen molar-refractivity contribution in [2.24, 2.45) is 0 Å². The molecule has 3 rings (SSSR count). The van der Waals surface area contributed by atoms with Crippen molar-refractivity contribution >= 4 is 28.6 Å². The molecule has 0 aliphatic carbocycles. The van der Waals surface area contributed by atoms with Gasteiger partial charge in [0.2, 0.25) is 5.95 Å². The van der Waals surface area contributed by atoms with Gasteiger partial charge in [0.25, 0.3) is 0 Å². The van der Waals surface area contributed by atoms with Crippen LogP contribution in [0, 0.1) is 5.82 Å². The number of hydrogen-bond donors (Lipinski definition) is 1. The predicted molar refractivity (Wildman–Crippen MR) is 75.2 cm³/mol. The third-order valence-electron chi connectivity index (χ3n) is 2.64. The Morgan fingerprint density at radius 2 is 1.95 bits per heavy atom. The number of halogens is 1. The zero-order chi connectivity index (χ0) is 13.9. The van der Waals surface area contributed by atoms with Crippen LogP contribution in [0.3, 0.4) is 0 Å². The van der Waals surface area contributed by atoms with Gasteiger partial charge >= 0.3 is 0 Å². The summed E-state index contributed by atoms with van der Waals surface area (Å²) in [5.74, 6) is -0.107. The Balaban J connectivity index is 2.05. The largest absolute Gasteiger partial charge is 0.357 e. The third-order valence-corrected chi connectivity index (χ3v) is 3.63. The summed E-state index contributed by atoms with van der Waals surface area (Å²) in [4.78, 5) is 16.3. The molecule has 7 heteroatoms. The summed E-state index contributed by atoms with van der Waals surface area (Å²) in [7, 11) is 1.68. The van der Waals surface area contributed by atoms with Gasteiger partial charge in [-0.1, -0.05) is 18.2 Å². The number of hydrogen-bond acceptors (Lipinski definition) is 6. The van der Waals surface area contributed by atoms with E-state index in [2.05, 4.69) is 25.3 Å². The Labute approximate surface area is 118 Å². The standard InChI is InChI=1S/C13H10FN5S/c1-15-13-16-6-9(14)12(19-13)20-11-8-4-2-3-5-10(8)17-7-18-11/h2-7H,1H3,(H,15,16,19). The summed E-state index contributed by atoms with van der Waals surface area (Å²) in [5.41, 5.74) is 0.813. The molecule has 0 saturated heterocycles. The number of rotatable bonds is 3. The topological polar surface area (TPSA) is 63.6 Å². The monoisotopic (exact) mass is 287 g/mol. The number of nitrogens with one attached hydrogen (secondary N) is 1. The van der Waals surface area contributed by atoms with Crippen molar-refractivity contribution in [3.8, 4) is 0 Å². The Hall–Kier alpha value is -2.28. The summed E-state index contributed by atoms with van der Waals surface area (Å²) in [6, 6.07) is 7.57. The molecule has 0 fully saturated rings. The van der Waals surface area contributed by atoms with Crippen molar-refractivity contribution in [2.75, 3.05) is 12.4 Å². The molecule has 1 N–H and O–H groups in total. The fraction of sp³-hybridized carbons (Fsp3) is 0.0769. The number of para-hydroxylation sites is 1. The maximum Gasteiger partial charge on any atom is 0.223 e. The summed E-state index contributed by atoms with van der Waals surface area (Å²) >= 11 is 1.16. The first-order valence-electron chi connectivity index (χ1n) is 5.86. The van der Waals surface area contributed by atoms with Crippen LogP contribution < -0.4 is 5.32 Å². The third kappa shape index (κ3) is 2.39. The van der Waals surface area contributed by atoms with Gasteiger partial charge in [0.1, 0.15) is 16.4 Å². The van der Waals surface area contributed by atoms with Crippen molar-refractivity contribution < 1.29 is 4.39 Å². The molecule has 0 aliphatic rings. The van der Waals surface area contributed by atoms with Gasteiger partial charge in [-0.15, -0.1) is 0 Å². The molecule has 3 aromatic rings. The maximum absolute atomic E-state index is 13.8. The molecule has 1 aromatic carbocycles. The van der Waals surface area contributed by atoms with E-state index >= 15 is 0 Å². The first kappa shape index (κ1) is 12.7. The highest BCUT2D eigenvalue weighted by Gasteiger charge is 2.11. The van der Waals surface area contributed by atoms with Crippen LogP contribution in [-0.2, 0) is 0 Å². The zero-order valence-corrected chi connectivity index (χ0v) is 11.4. The van der Waals surface area contributed by atoms with Crippen LogP contribution in [0.15, 0.2) is 46.8 Å². The molecule has 0 atom stereocenters. The fourth-order valence-electron chi connectivity index (χ4n) is 1.70. The van der Waals surface area contributed by atoms with E-state index in [1.807, 2.05) is 24.3 Å². The molecule has 5 nitrogen and oxygen atoms in total. The molecule has 100 valence electrons. The molecule has 20 heavy (non-hydrogen) atoms. The lowest BCUT2D eigenvalue weighted by Gasteiger charge is -2.06. The highest BCUT2D eigenvalue weighted by atomic mass is 32.2. The van der Waals surface area contributed by atoms with Crippen LogP contribution >= 0.6 is 11.8 Å². The van der Waals surface area contributed by atoms with Gasteiger partial charge in [-0.25, -0.2) is 24.3 Å². The molecular formula is C13H10FN5S. The van der Waals surface area contributed by atoms with Gasteiger partial charge in [-0.2, -0.15) is 0 Å². The van der Waals surface area contributed by atoms with E-state index in [9.17, 15) is 4.39 Å². The van der Waals surface area contributed by atoms with E-state index in [1.165, 1.54) is 6.33 Å². The number of nitrogens with zero attached hydrogens (tertiary/aromatic N) is 4. The lowest BCUT2D eigenvalue weighted by Crippen LogP contribution is -1.99. The van der Waals surface area contributed by atoms with Crippen molar-refractivity contribution in [3.05, 3.63) is 42.6 Å².